The van der Waals surface area contributed by atoms with Gasteiger partial charge < -0.3 is 9.73 Å². The van der Waals surface area contributed by atoms with Crippen molar-refractivity contribution in [2.45, 2.75) is 28.2 Å². The van der Waals surface area contributed by atoms with Crippen LogP contribution in [-0.4, -0.2) is 33.5 Å². The smallest absolute Gasteiger partial charge is 0.287 e. The van der Waals surface area contributed by atoms with Gasteiger partial charge in [0, 0.05) is 18.1 Å². The minimum atomic E-state index is -4.06. The molecular formula is C23H20N2O6S2. The Morgan fingerprint density at radius 1 is 0.970 bits per heavy atom. The number of carbonyl (C=O) groups excluding carboxylic acids is 1. The molecule has 0 aliphatic heterocycles. The molecule has 0 radical (unpaired) electrons. The predicted octanol–water partition coefficient (Wildman–Crippen LogP) is 3.38. The standard InChI is InChI=1S/C23H20N2O6S2/c1-2-32(27,28)21-5-3-4-6-22(21)33(29,30)18-9-7-16(8-10-18)14-25-23(26)19-13-17-11-12-24-15-20(17)31-19/h3-13,15H,2,14H2,1H3,(H,25,26). The summed E-state index contributed by atoms with van der Waals surface area (Å²) < 4.78 is 56.4. The molecular weight excluding hydrogens is 464 g/mol. The summed E-state index contributed by atoms with van der Waals surface area (Å²) in [5, 5.41) is 3.48. The number of hydrogen-bond acceptors (Lipinski definition) is 7. The molecule has 0 saturated carbocycles. The molecule has 33 heavy (non-hydrogen) atoms. The fourth-order valence-corrected chi connectivity index (χ4v) is 6.28. The van der Waals surface area contributed by atoms with Crippen molar-refractivity contribution in [3.8, 4) is 0 Å². The van der Waals surface area contributed by atoms with Gasteiger partial charge >= 0.3 is 0 Å². The normalized spacial score (nSPS) is 12.0. The number of benzene rings is 2. The Balaban J connectivity index is 1.52. The topological polar surface area (TPSA) is 123 Å². The van der Waals surface area contributed by atoms with Crippen LogP contribution in [0.25, 0.3) is 11.0 Å². The van der Waals surface area contributed by atoms with Crippen molar-refractivity contribution in [3.05, 3.63) is 84.4 Å². The van der Waals surface area contributed by atoms with Crippen LogP contribution < -0.4 is 5.32 Å². The number of nitrogens with one attached hydrogen (secondary N) is 1. The summed E-state index contributed by atoms with van der Waals surface area (Å²) in [6.07, 6.45) is 3.13. The first-order valence-corrected chi connectivity index (χ1v) is 13.1. The van der Waals surface area contributed by atoms with Crippen molar-refractivity contribution in [2.75, 3.05) is 5.75 Å². The van der Waals surface area contributed by atoms with Crippen LogP contribution in [0.2, 0.25) is 0 Å². The number of pyridine rings is 1. The lowest BCUT2D eigenvalue weighted by Gasteiger charge is -2.11. The quantitative estimate of drug-likeness (QED) is 0.426. The van der Waals surface area contributed by atoms with Crippen molar-refractivity contribution in [3.63, 3.8) is 0 Å². The Morgan fingerprint density at radius 3 is 2.33 bits per heavy atom. The van der Waals surface area contributed by atoms with E-state index in [1.165, 1.54) is 49.5 Å². The summed E-state index contributed by atoms with van der Waals surface area (Å²) in [4.78, 5) is 15.8. The summed E-state index contributed by atoms with van der Waals surface area (Å²) in [6, 6.07) is 14.8. The minimum Gasteiger partial charge on any atom is -0.449 e. The fraction of sp³-hybridized carbons (Fsp3) is 0.130. The van der Waals surface area contributed by atoms with Gasteiger partial charge in [0.2, 0.25) is 9.84 Å². The highest BCUT2D eigenvalue weighted by atomic mass is 32.2. The van der Waals surface area contributed by atoms with Crippen LogP contribution in [0.4, 0.5) is 0 Å². The van der Waals surface area contributed by atoms with Crippen LogP contribution in [0.3, 0.4) is 0 Å². The van der Waals surface area contributed by atoms with E-state index >= 15 is 0 Å². The van der Waals surface area contributed by atoms with Gasteiger partial charge in [0.25, 0.3) is 5.91 Å². The Hall–Kier alpha value is -3.50. The Bertz CT molecular complexity index is 1510. The third-order valence-corrected chi connectivity index (χ3v) is 8.83. The third-order valence-electron chi connectivity index (χ3n) is 5.09. The molecule has 0 fully saturated rings. The molecule has 0 spiro atoms. The van der Waals surface area contributed by atoms with E-state index in [2.05, 4.69) is 10.3 Å². The van der Waals surface area contributed by atoms with Crippen LogP contribution in [-0.2, 0) is 26.2 Å². The van der Waals surface area contributed by atoms with Gasteiger partial charge in [-0.1, -0.05) is 31.2 Å². The van der Waals surface area contributed by atoms with E-state index in [-0.39, 0.29) is 32.7 Å². The molecule has 0 bridgehead atoms. The average Bonchev–Trinajstić information content (AvgIpc) is 3.27. The highest BCUT2D eigenvalue weighted by Gasteiger charge is 2.26. The van der Waals surface area contributed by atoms with Crippen LogP contribution in [0.5, 0.6) is 0 Å². The summed E-state index contributed by atoms with van der Waals surface area (Å²) in [5.74, 6) is -0.479. The Labute approximate surface area is 191 Å². The molecule has 0 saturated heterocycles. The second-order valence-electron chi connectivity index (χ2n) is 7.20. The van der Waals surface area contributed by atoms with Crippen molar-refractivity contribution < 1.29 is 26.0 Å². The van der Waals surface area contributed by atoms with Crippen LogP contribution in [0.1, 0.15) is 23.0 Å². The largest absolute Gasteiger partial charge is 0.449 e. The van der Waals surface area contributed by atoms with Gasteiger partial charge in [-0.15, -0.1) is 0 Å². The zero-order chi connectivity index (χ0) is 23.6. The summed E-state index contributed by atoms with van der Waals surface area (Å²) in [7, 11) is -7.78. The first kappa shape index (κ1) is 22.7. The lowest BCUT2D eigenvalue weighted by Crippen LogP contribution is -2.22. The molecule has 2 heterocycles. The van der Waals surface area contributed by atoms with Gasteiger partial charge in [-0.05, 0) is 42.0 Å². The molecule has 1 amide bonds. The van der Waals surface area contributed by atoms with Crippen molar-refractivity contribution in [1.82, 2.24) is 10.3 Å². The van der Waals surface area contributed by atoms with Gasteiger partial charge in [0.1, 0.15) is 0 Å². The molecule has 1 N–H and O–H groups in total. The SMILES string of the molecule is CCS(=O)(=O)c1ccccc1S(=O)(=O)c1ccc(CNC(=O)c2cc3ccncc3o2)cc1. The van der Waals surface area contributed by atoms with E-state index in [1.54, 1.807) is 30.5 Å². The fourth-order valence-electron chi connectivity index (χ4n) is 3.26. The Kier molecular flexibility index (Phi) is 6.05. The van der Waals surface area contributed by atoms with Gasteiger partial charge in [0.05, 0.1) is 26.6 Å². The van der Waals surface area contributed by atoms with E-state index in [0.29, 0.717) is 11.1 Å². The first-order valence-electron chi connectivity index (χ1n) is 10.00. The number of furan rings is 1. The van der Waals surface area contributed by atoms with Gasteiger partial charge in [-0.3, -0.25) is 9.78 Å². The number of carbonyl (C=O) groups is 1. The number of hydrogen-bond donors (Lipinski definition) is 1. The number of fused-ring (bicyclic) bond motifs is 1. The number of amides is 1. The maximum absolute atomic E-state index is 13.1. The van der Waals surface area contributed by atoms with Gasteiger partial charge in [-0.25, -0.2) is 16.8 Å². The predicted molar refractivity (Wildman–Crippen MR) is 121 cm³/mol. The highest BCUT2D eigenvalue weighted by molar-refractivity contribution is 7.94. The second-order valence-corrected chi connectivity index (χ2v) is 11.4. The first-order chi connectivity index (χ1) is 15.7. The van der Waals surface area contributed by atoms with Gasteiger partial charge in [-0.2, -0.15) is 0 Å². The average molecular weight is 485 g/mol. The molecule has 2 aromatic heterocycles. The minimum absolute atomic E-state index is 0.0406. The molecule has 4 aromatic rings. The lowest BCUT2D eigenvalue weighted by molar-refractivity contribution is 0.0925. The van der Waals surface area contributed by atoms with Crippen molar-refractivity contribution in [2.24, 2.45) is 0 Å². The third kappa shape index (κ3) is 4.53. The number of sulfone groups is 2. The lowest BCUT2D eigenvalue weighted by atomic mass is 10.2. The molecule has 0 unspecified atom stereocenters. The summed E-state index contributed by atoms with van der Waals surface area (Å²) in [6.45, 7) is 1.61. The van der Waals surface area contributed by atoms with Crippen LogP contribution in [0, 0.1) is 0 Å². The maximum Gasteiger partial charge on any atom is 0.287 e. The molecule has 0 aliphatic carbocycles. The zero-order valence-electron chi connectivity index (χ0n) is 17.6. The molecule has 10 heteroatoms. The molecule has 170 valence electrons. The number of nitrogens with zero attached hydrogens (tertiary/aromatic N) is 1. The molecule has 4 rings (SSSR count). The van der Waals surface area contributed by atoms with E-state index < -0.39 is 25.6 Å². The van der Waals surface area contributed by atoms with Gasteiger partial charge in [0.15, 0.2) is 21.2 Å². The highest BCUT2D eigenvalue weighted by Crippen LogP contribution is 2.28. The molecule has 0 aliphatic rings. The van der Waals surface area contributed by atoms with Crippen LogP contribution >= 0.6 is 0 Å². The van der Waals surface area contributed by atoms with E-state index in [9.17, 15) is 21.6 Å². The van der Waals surface area contributed by atoms with E-state index in [4.69, 9.17) is 4.42 Å². The zero-order valence-corrected chi connectivity index (χ0v) is 19.2. The van der Waals surface area contributed by atoms with Crippen LogP contribution in [0.15, 0.2) is 92.2 Å². The maximum atomic E-state index is 13.1. The Morgan fingerprint density at radius 2 is 1.67 bits per heavy atom. The second kappa shape index (κ2) is 8.80. The molecule has 2 aromatic carbocycles. The summed E-state index contributed by atoms with van der Waals surface area (Å²) in [5.41, 5.74) is 1.16. The number of rotatable bonds is 7. The molecule has 8 nitrogen and oxygen atoms in total. The van der Waals surface area contributed by atoms with Crippen molar-refractivity contribution in [1.29, 1.82) is 0 Å². The van der Waals surface area contributed by atoms with E-state index in [0.717, 1.165) is 5.39 Å². The number of aromatic nitrogens is 1. The summed E-state index contributed by atoms with van der Waals surface area (Å²) >= 11 is 0. The van der Waals surface area contributed by atoms with Crippen molar-refractivity contribution >= 4 is 36.6 Å². The monoisotopic (exact) mass is 484 g/mol. The molecule has 0 atom stereocenters. The van der Waals surface area contributed by atoms with E-state index in [1.807, 2.05) is 0 Å².